The normalized spacial score (nSPS) is 21.7. The van der Waals surface area contributed by atoms with Crippen LogP contribution in [0.1, 0.15) is 71.4 Å². The molecule has 0 unspecified atom stereocenters. The van der Waals surface area contributed by atoms with E-state index in [0.29, 0.717) is 30.0 Å². The Kier molecular flexibility index (Phi) is 10.00. The SMILES string of the molecule is CC.CC.CCOC1CCC2(CC1)NC(=O)C(c1cc(-c3ccc(Cl)cc3)ccc1C)=C2O. The summed E-state index contributed by atoms with van der Waals surface area (Å²) in [5.41, 5.74) is 3.46. The van der Waals surface area contributed by atoms with E-state index in [1.165, 1.54) is 0 Å². The minimum atomic E-state index is -0.664. The predicted molar refractivity (Wildman–Crippen MR) is 139 cm³/mol. The lowest BCUT2D eigenvalue weighted by molar-refractivity contribution is -0.116. The molecule has 4 rings (SSSR count). The second-order valence-corrected chi connectivity index (χ2v) is 8.39. The van der Waals surface area contributed by atoms with E-state index in [1.54, 1.807) is 0 Å². The largest absolute Gasteiger partial charge is 0.509 e. The molecule has 1 spiro atoms. The quantitative estimate of drug-likeness (QED) is 0.485. The minimum absolute atomic E-state index is 0.175. The van der Waals surface area contributed by atoms with Crippen LogP contribution in [0.25, 0.3) is 16.7 Å². The molecular formula is C28H38ClNO3. The van der Waals surface area contributed by atoms with E-state index in [9.17, 15) is 9.90 Å². The number of halogens is 1. The summed E-state index contributed by atoms with van der Waals surface area (Å²) in [5, 5.41) is 14.9. The third kappa shape index (κ3) is 5.80. The molecule has 1 aliphatic heterocycles. The molecule has 5 heteroatoms. The number of hydrogen-bond donors (Lipinski definition) is 2. The van der Waals surface area contributed by atoms with Crippen LogP contribution in [-0.2, 0) is 9.53 Å². The lowest BCUT2D eigenvalue weighted by atomic mass is 9.79. The van der Waals surface area contributed by atoms with E-state index in [2.05, 4.69) is 5.32 Å². The number of hydrogen-bond acceptors (Lipinski definition) is 3. The van der Waals surface area contributed by atoms with Crippen LogP contribution in [0, 0.1) is 6.92 Å². The maximum atomic E-state index is 12.9. The standard InChI is InChI=1S/C24H26ClNO3.2C2H6/c1-3-29-19-10-12-24(13-11-19)22(27)21(23(28)26-24)20-14-17(5-4-15(20)2)16-6-8-18(25)9-7-16;2*1-2/h4-9,14,19,27H,3,10-13H2,1-2H3,(H,26,28);2*1-2H3. The van der Waals surface area contributed by atoms with Crippen molar-refractivity contribution in [2.75, 3.05) is 6.61 Å². The monoisotopic (exact) mass is 471 g/mol. The highest BCUT2D eigenvalue weighted by atomic mass is 35.5. The lowest BCUT2D eigenvalue weighted by Crippen LogP contribution is -2.48. The number of ether oxygens (including phenoxy) is 1. The summed E-state index contributed by atoms with van der Waals surface area (Å²) >= 11 is 6.01. The molecular weight excluding hydrogens is 434 g/mol. The first-order valence-corrected chi connectivity index (χ1v) is 12.6. The molecule has 0 saturated heterocycles. The van der Waals surface area contributed by atoms with Crippen molar-refractivity contribution < 1.29 is 14.6 Å². The van der Waals surface area contributed by atoms with Gasteiger partial charge < -0.3 is 15.2 Å². The van der Waals surface area contributed by atoms with Gasteiger partial charge in [-0.2, -0.15) is 0 Å². The van der Waals surface area contributed by atoms with Gasteiger partial charge in [-0.1, -0.05) is 63.6 Å². The molecule has 1 heterocycles. The number of nitrogens with one attached hydrogen (secondary N) is 1. The zero-order valence-electron chi connectivity index (χ0n) is 20.8. The van der Waals surface area contributed by atoms with E-state index in [0.717, 1.165) is 35.1 Å². The summed E-state index contributed by atoms with van der Waals surface area (Å²) in [6.07, 6.45) is 3.24. The summed E-state index contributed by atoms with van der Waals surface area (Å²) in [5.74, 6) is -0.0254. The van der Waals surface area contributed by atoms with Gasteiger partial charge in [0, 0.05) is 11.6 Å². The second-order valence-electron chi connectivity index (χ2n) is 7.95. The first-order chi connectivity index (χ1) is 15.9. The topological polar surface area (TPSA) is 58.6 Å². The Balaban J connectivity index is 0.000000914. The zero-order chi connectivity index (χ0) is 24.6. The maximum absolute atomic E-state index is 12.9. The number of carbonyl (C=O) groups excluding carboxylic acids is 1. The van der Waals surface area contributed by atoms with Crippen molar-refractivity contribution in [1.29, 1.82) is 0 Å². The van der Waals surface area contributed by atoms with Gasteiger partial charge in [-0.05, 0) is 80.0 Å². The van der Waals surface area contributed by atoms with Crippen LogP contribution < -0.4 is 5.32 Å². The van der Waals surface area contributed by atoms with Gasteiger partial charge in [0.1, 0.15) is 5.76 Å². The number of aliphatic hydroxyl groups excluding tert-OH is 1. The minimum Gasteiger partial charge on any atom is -0.509 e. The Hall–Kier alpha value is -2.30. The van der Waals surface area contributed by atoms with Crippen molar-refractivity contribution >= 4 is 23.1 Å². The van der Waals surface area contributed by atoms with Gasteiger partial charge in [0.25, 0.3) is 5.91 Å². The van der Waals surface area contributed by atoms with Gasteiger partial charge in [0.15, 0.2) is 0 Å². The molecule has 4 nitrogen and oxygen atoms in total. The van der Waals surface area contributed by atoms with Crippen LogP contribution >= 0.6 is 11.6 Å². The maximum Gasteiger partial charge on any atom is 0.256 e. The van der Waals surface area contributed by atoms with E-state index in [-0.39, 0.29) is 17.8 Å². The fourth-order valence-corrected chi connectivity index (χ4v) is 4.62. The summed E-state index contributed by atoms with van der Waals surface area (Å²) in [4.78, 5) is 12.9. The molecule has 1 fully saturated rings. The van der Waals surface area contributed by atoms with Gasteiger partial charge in [-0.15, -0.1) is 0 Å². The molecule has 2 aromatic rings. The van der Waals surface area contributed by atoms with Crippen molar-refractivity contribution in [3.63, 3.8) is 0 Å². The zero-order valence-corrected chi connectivity index (χ0v) is 21.6. The van der Waals surface area contributed by atoms with Crippen molar-refractivity contribution in [2.24, 2.45) is 0 Å². The van der Waals surface area contributed by atoms with Crippen LogP contribution in [0.2, 0.25) is 5.02 Å². The van der Waals surface area contributed by atoms with E-state index in [1.807, 2.05) is 84.0 Å². The van der Waals surface area contributed by atoms with Crippen molar-refractivity contribution in [2.45, 2.75) is 78.9 Å². The van der Waals surface area contributed by atoms with E-state index < -0.39 is 5.54 Å². The number of carbonyl (C=O) groups is 1. The van der Waals surface area contributed by atoms with Gasteiger partial charge in [0.2, 0.25) is 0 Å². The molecule has 1 saturated carbocycles. The summed E-state index contributed by atoms with van der Waals surface area (Å²) in [6, 6.07) is 13.6. The number of rotatable bonds is 4. The average molecular weight is 472 g/mol. The van der Waals surface area contributed by atoms with Crippen LogP contribution in [0.15, 0.2) is 48.2 Å². The third-order valence-corrected chi connectivity index (χ3v) is 6.39. The Morgan fingerprint density at radius 2 is 1.61 bits per heavy atom. The molecule has 1 amide bonds. The van der Waals surface area contributed by atoms with Crippen LogP contribution in [0.4, 0.5) is 0 Å². The first kappa shape index (κ1) is 26.9. The van der Waals surface area contributed by atoms with Crippen LogP contribution in [0.5, 0.6) is 0 Å². The molecule has 2 aromatic carbocycles. The summed E-state index contributed by atoms with van der Waals surface area (Å²) in [7, 11) is 0. The number of aliphatic hydroxyl groups is 1. The summed E-state index contributed by atoms with van der Waals surface area (Å²) in [6.45, 7) is 12.6. The molecule has 0 radical (unpaired) electrons. The molecule has 180 valence electrons. The van der Waals surface area contributed by atoms with Crippen LogP contribution in [0.3, 0.4) is 0 Å². The van der Waals surface area contributed by atoms with Crippen molar-refractivity contribution in [1.82, 2.24) is 5.32 Å². The fourth-order valence-electron chi connectivity index (χ4n) is 4.50. The van der Waals surface area contributed by atoms with Gasteiger partial charge in [0.05, 0.1) is 17.2 Å². The average Bonchev–Trinajstić information content (AvgIpc) is 3.08. The predicted octanol–water partition coefficient (Wildman–Crippen LogP) is 7.48. The van der Waals surface area contributed by atoms with Gasteiger partial charge in [-0.25, -0.2) is 0 Å². The Bertz CT molecular complexity index is 958. The molecule has 0 bridgehead atoms. The molecule has 0 atom stereocenters. The fraction of sp³-hybridized carbons (Fsp3) is 0.464. The van der Waals surface area contributed by atoms with Gasteiger partial charge >= 0.3 is 0 Å². The Labute approximate surface area is 204 Å². The van der Waals surface area contributed by atoms with E-state index in [4.69, 9.17) is 16.3 Å². The van der Waals surface area contributed by atoms with Crippen LogP contribution in [-0.4, -0.2) is 29.3 Å². The van der Waals surface area contributed by atoms with Crippen molar-refractivity contribution in [3.8, 4) is 11.1 Å². The third-order valence-electron chi connectivity index (χ3n) is 6.14. The molecule has 33 heavy (non-hydrogen) atoms. The Morgan fingerprint density at radius 3 is 2.18 bits per heavy atom. The second kappa shape index (κ2) is 12.2. The smallest absolute Gasteiger partial charge is 0.256 e. The molecule has 2 N–H and O–H groups in total. The van der Waals surface area contributed by atoms with E-state index >= 15 is 0 Å². The lowest BCUT2D eigenvalue weighted by Gasteiger charge is -2.36. The number of amides is 1. The van der Waals surface area contributed by atoms with Crippen molar-refractivity contribution in [3.05, 3.63) is 64.4 Å². The Morgan fingerprint density at radius 1 is 1.03 bits per heavy atom. The highest BCUT2D eigenvalue weighted by Crippen LogP contribution is 2.43. The highest BCUT2D eigenvalue weighted by Gasteiger charge is 2.48. The summed E-state index contributed by atoms with van der Waals surface area (Å²) < 4.78 is 5.73. The first-order valence-electron chi connectivity index (χ1n) is 12.2. The molecule has 2 aliphatic rings. The number of aryl methyl sites for hydroxylation is 1. The molecule has 0 aromatic heterocycles. The van der Waals surface area contributed by atoms with Gasteiger partial charge in [-0.3, -0.25) is 4.79 Å². The highest BCUT2D eigenvalue weighted by molar-refractivity contribution is 6.30. The number of benzene rings is 2. The molecule has 1 aliphatic carbocycles.